The minimum Gasteiger partial charge on any atom is -0.385 e. The lowest BCUT2D eigenvalue weighted by Crippen LogP contribution is -2.25. The molecule has 1 aromatic carbocycles. The molecule has 0 fully saturated rings. The van der Waals surface area contributed by atoms with Gasteiger partial charge < -0.3 is 10.1 Å². The summed E-state index contributed by atoms with van der Waals surface area (Å²) in [5, 5.41) is 2.85. The maximum Gasteiger partial charge on any atom is 0.251 e. The standard InChI is InChI=1S/C12H17NO2S/c1-15-9-3-8-13-12(14)10-4-6-11(16-2)7-5-10/h4-7H,3,8-9H2,1-2H3,(H,13,14). The SMILES string of the molecule is COCCCNC(=O)c1ccc(SC)cc1. The van der Waals surface area contributed by atoms with Crippen molar-refractivity contribution in [2.45, 2.75) is 11.3 Å². The summed E-state index contributed by atoms with van der Waals surface area (Å²) in [6.07, 6.45) is 2.85. The summed E-state index contributed by atoms with van der Waals surface area (Å²) in [6.45, 7) is 1.32. The fraction of sp³-hybridized carbons (Fsp3) is 0.417. The molecule has 1 rings (SSSR count). The molecular weight excluding hydrogens is 222 g/mol. The van der Waals surface area contributed by atoms with E-state index in [-0.39, 0.29) is 5.91 Å². The molecule has 0 aromatic heterocycles. The van der Waals surface area contributed by atoms with Crippen molar-refractivity contribution in [1.29, 1.82) is 0 Å². The molecule has 1 amide bonds. The number of carbonyl (C=O) groups excluding carboxylic acids is 1. The predicted octanol–water partition coefficient (Wildman–Crippen LogP) is 2.17. The zero-order chi connectivity index (χ0) is 11.8. The lowest BCUT2D eigenvalue weighted by molar-refractivity contribution is 0.0948. The molecule has 3 nitrogen and oxygen atoms in total. The summed E-state index contributed by atoms with van der Waals surface area (Å²) in [5.74, 6) is -0.0243. The average Bonchev–Trinajstić information content (AvgIpc) is 2.34. The van der Waals surface area contributed by atoms with Gasteiger partial charge in [0.15, 0.2) is 0 Å². The number of carbonyl (C=O) groups is 1. The van der Waals surface area contributed by atoms with Crippen molar-refractivity contribution in [3.63, 3.8) is 0 Å². The van der Waals surface area contributed by atoms with Crippen molar-refractivity contribution in [1.82, 2.24) is 5.32 Å². The Bertz CT molecular complexity index is 324. The Morgan fingerprint density at radius 1 is 1.38 bits per heavy atom. The molecule has 1 aromatic rings. The van der Waals surface area contributed by atoms with E-state index in [1.807, 2.05) is 30.5 Å². The van der Waals surface area contributed by atoms with E-state index in [0.29, 0.717) is 18.7 Å². The highest BCUT2D eigenvalue weighted by molar-refractivity contribution is 7.98. The van der Waals surface area contributed by atoms with Crippen molar-refractivity contribution in [3.8, 4) is 0 Å². The van der Waals surface area contributed by atoms with Crippen LogP contribution in [-0.2, 0) is 4.74 Å². The van der Waals surface area contributed by atoms with Crippen LogP contribution in [-0.4, -0.2) is 32.4 Å². The summed E-state index contributed by atoms with van der Waals surface area (Å²) in [6, 6.07) is 7.60. The Kier molecular flexibility index (Phi) is 5.96. The Balaban J connectivity index is 2.40. The molecular formula is C12H17NO2S. The molecule has 0 saturated carbocycles. The summed E-state index contributed by atoms with van der Waals surface area (Å²) in [4.78, 5) is 12.8. The molecule has 0 aliphatic rings. The molecule has 88 valence electrons. The van der Waals surface area contributed by atoms with Crippen LogP contribution >= 0.6 is 11.8 Å². The number of hydrogen-bond acceptors (Lipinski definition) is 3. The molecule has 0 bridgehead atoms. The van der Waals surface area contributed by atoms with E-state index >= 15 is 0 Å². The molecule has 1 N–H and O–H groups in total. The summed E-state index contributed by atoms with van der Waals surface area (Å²) < 4.78 is 4.91. The van der Waals surface area contributed by atoms with E-state index < -0.39 is 0 Å². The predicted molar refractivity (Wildman–Crippen MR) is 67.0 cm³/mol. The minimum absolute atomic E-state index is 0.0243. The number of nitrogens with one attached hydrogen (secondary N) is 1. The monoisotopic (exact) mass is 239 g/mol. The van der Waals surface area contributed by atoms with Crippen LogP contribution in [0, 0.1) is 0 Å². The molecule has 0 heterocycles. The lowest BCUT2D eigenvalue weighted by Gasteiger charge is -2.05. The van der Waals surface area contributed by atoms with Crippen LogP contribution in [0.1, 0.15) is 16.8 Å². The quantitative estimate of drug-likeness (QED) is 0.611. The van der Waals surface area contributed by atoms with Gasteiger partial charge in [-0.15, -0.1) is 11.8 Å². The first-order valence-corrected chi connectivity index (χ1v) is 6.41. The van der Waals surface area contributed by atoms with Gasteiger partial charge in [0.1, 0.15) is 0 Å². The third kappa shape index (κ3) is 4.24. The first-order valence-electron chi connectivity index (χ1n) is 5.19. The first-order chi connectivity index (χ1) is 7.77. The maximum absolute atomic E-state index is 11.6. The van der Waals surface area contributed by atoms with Gasteiger partial charge in [0, 0.05) is 30.7 Å². The number of amides is 1. The van der Waals surface area contributed by atoms with Crippen LogP contribution in [0.3, 0.4) is 0 Å². The zero-order valence-corrected chi connectivity index (χ0v) is 10.5. The second-order valence-electron chi connectivity index (χ2n) is 3.33. The molecule has 0 atom stereocenters. The van der Waals surface area contributed by atoms with Gasteiger partial charge >= 0.3 is 0 Å². The van der Waals surface area contributed by atoms with E-state index in [0.717, 1.165) is 11.3 Å². The van der Waals surface area contributed by atoms with Gasteiger partial charge in [-0.2, -0.15) is 0 Å². The largest absolute Gasteiger partial charge is 0.385 e. The van der Waals surface area contributed by atoms with Gasteiger partial charge in [0.2, 0.25) is 0 Å². The van der Waals surface area contributed by atoms with Crippen molar-refractivity contribution in [3.05, 3.63) is 29.8 Å². The number of hydrogen-bond donors (Lipinski definition) is 1. The van der Waals surface area contributed by atoms with Crippen molar-refractivity contribution in [2.24, 2.45) is 0 Å². The number of thioether (sulfide) groups is 1. The van der Waals surface area contributed by atoms with E-state index in [2.05, 4.69) is 5.32 Å². The van der Waals surface area contributed by atoms with Crippen LogP contribution in [0.4, 0.5) is 0 Å². The van der Waals surface area contributed by atoms with Gasteiger partial charge in [0.25, 0.3) is 5.91 Å². The highest BCUT2D eigenvalue weighted by Gasteiger charge is 2.03. The molecule has 4 heteroatoms. The van der Waals surface area contributed by atoms with E-state index in [4.69, 9.17) is 4.74 Å². The molecule has 0 unspecified atom stereocenters. The molecule has 16 heavy (non-hydrogen) atoms. The molecule has 0 saturated heterocycles. The number of rotatable bonds is 6. The Morgan fingerprint density at radius 3 is 2.62 bits per heavy atom. The number of methoxy groups -OCH3 is 1. The normalized spacial score (nSPS) is 10.1. The van der Waals surface area contributed by atoms with Gasteiger partial charge in [0.05, 0.1) is 0 Å². The highest BCUT2D eigenvalue weighted by atomic mass is 32.2. The van der Waals surface area contributed by atoms with Gasteiger partial charge in [-0.1, -0.05) is 0 Å². The van der Waals surface area contributed by atoms with Gasteiger partial charge in [-0.25, -0.2) is 0 Å². The maximum atomic E-state index is 11.6. The molecule has 0 radical (unpaired) electrons. The van der Waals surface area contributed by atoms with E-state index in [9.17, 15) is 4.79 Å². The smallest absolute Gasteiger partial charge is 0.251 e. The molecule has 0 aliphatic carbocycles. The van der Waals surface area contributed by atoms with Crippen LogP contribution in [0.5, 0.6) is 0 Å². The average molecular weight is 239 g/mol. The van der Waals surface area contributed by atoms with Crippen LogP contribution in [0.15, 0.2) is 29.2 Å². The third-order valence-electron chi connectivity index (χ3n) is 2.16. The van der Waals surface area contributed by atoms with E-state index in [1.165, 1.54) is 0 Å². The van der Waals surface area contributed by atoms with Gasteiger partial charge in [-0.05, 0) is 36.9 Å². The fourth-order valence-corrected chi connectivity index (χ4v) is 1.67. The number of benzene rings is 1. The topological polar surface area (TPSA) is 38.3 Å². The van der Waals surface area contributed by atoms with Crippen LogP contribution < -0.4 is 5.32 Å². The third-order valence-corrected chi connectivity index (χ3v) is 2.91. The Morgan fingerprint density at radius 2 is 2.06 bits per heavy atom. The summed E-state index contributed by atoms with van der Waals surface area (Å²) >= 11 is 1.67. The van der Waals surface area contributed by atoms with Gasteiger partial charge in [-0.3, -0.25) is 4.79 Å². The first kappa shape index (κ1) is 13.1. The molecule has 0 aliphatic heterocycles. The van der Waals surface area contributed by atoms with E-state index in [1.54, 1.807) is 18.9 Å². The van der Waals surface area contributed by atoms with Crippen LogP contribution in [0.25, 0.3) is 0 Å². The fourth-order valence-electron chi connectivity index (χ4n) is 1.26. The van der Waals surface area contributed by atoms with Crippen molar-refractivity contribution in [2.75, 3.05) is 26.5 Å². The number of ether oxygens (including phenoxy) is 1. The van der Waals surface area contributed by atoms with Crippen molar-refractivity contribution < 1.29 is 9.53 Å². The second kappa shape index (κ2) is 7.30. The Labute approximate surface area is 101 Å². The molecule has 0 spiro atoms. The second-order valence-corrected chi connectivity index (χ2v) is 4.21. The van der Waals surface area contributed by atoms with Crippen LogP contribution in [0.2, 0.25) is 0 Å². The summed E-state index contributed by atoms with van der Waals surface area (Å²) in [7, 11) is 1.66. The Hall–Kier alpha value is -1.00. The zero-order valence-electron chi connectivity index (χ0n) is 9.66. The lowest BCUT2D eigenvalue weighted by atomic mass is 10.2. The highest BCUT2D eigenvalue weighted by Crippen LogP contribution is 2.14. The summed E-state index contributed by atoms with van der Waals surface area (Å²) in [5.41, 5.74) is 0.704. The van der Waals surface area contributed by atoms with Crippen molar-refractivity contribution >= 4 is 17.7 Å². The minimum atomic E-state index is -0.0243.